The smallest absolute Gasteiger partial charge is 0.131 e. The molecule has 0 spiro atoms. The maximum absolute atomic E-state index is 10.7. The zero-order valence-corrected chi connectivity index (χ0v) is 8.05. The van der Waals surface area contributed by atoms with Crippen LogP contribution in [0.3, 0.4) is 0 Å². The van der Waals surface area contributed by atoms with Crippen molar-refractivity contribution in [1.82, 2.24) is 4.98 Å². The third kappa shape index (κ3) is 3.24. The first-order valence-corrected chi connectivity index (χ1v) is 4.49. The quantitative estimate of drug-likeness (QED) is 0.297. The second-order valence-electron chi connectivity index (χ2n) is 2.69. The van der Waals surface area contributed by atoms with Crippen molar-refractivity contribution >= 4 is 6.29 Å². The fraction of sp³-hybridized carbons (Fsp3) is 0.400. The molecule has 1 unspecified atom stereocenters. The normalized spacial score (nSPS) is 12.4. The Morgan fingerprint density at radius 1 is 1.50 bits per heavy atom. The van der Waals surface area contributed by atoms with Crippen LogP contribution in [0.25, 0.3) is 0 Å². The van der Waals surface area contributed by atoms with Gasteiger partial charge in [0.15, 0.2) is 0 Å². The SMILES string of the molecule is CCOOCC(C=O)c1ccccn1. The second kappa shape index (κ2) is 6.23. The Kier molecular flexibility index (Phi) is 4.82. The van der Waals surface area contributed by atoms with Gasteiger partial charge in [0.25, 0.3) is 0 Å². The standard InChI is InChI=1S/C10H13NO3/c1-2-13-14-8-9(7-12)10-5-3-4-6-11-10/h3-7,9H,2,8H2,1H3. The van der Waals surface area contributed by atoms with Gasteiger partial charge in [0.05, 0.1) is 24.8 Å². The topological polar surface area (TPSA) is 48.4 Å². The lowest BCUT2D eigenvalue weighted by Gasteiger charge is -2.08. The van der Waals surface area contributed by atoms with Crippen LogP contribution in [-0.4, -0.2) is 24.5 Å². The monoisotopic (exact) mass is 195 g/mol. The van der Waals surface area contributed by atoms with Crippen molar-refractivity contribution in [3.05, 3.63) is 30.1 Å². The number of hydrogen-bond donors (Lipinski definition) is 0. The van der Waals surface area contributed by atoms with E-state index in [1.807, 2.05) is 13.0 Å². The van der Waals surface area contributed by atoms with E-state index in [1.54, 1.807) is 18.3 Å². The van der Waals surface area contributed by atoms with E-state index in [4.69, 9.17) is 9.78 Å². The lowest BCUT2D eigenvalue weighted by molar-refractivity contribution is -0.292. The molecular weight excluding hydrogens is 182 g/mol. The molecule has 4 heteroatoms. The molecule has 1 atom stereocenters. The van der Waals surface area contributed by atoms with Crippen molar-refractivity contribution in [1.29, 1.82) is 0 Å². The van der Waals surface area contributed by atoms with E-state index in [9.17, 15) is 4.79 Å². The maximum Gasteiger partial charge on any atom is 0.131 e. The summed E-state index contributed by atoms with van der Waals surface area (Å²) in [6.45, 7) is 2.48. The summed E-state index contributed by atoms with van der Waals surface area (Å²) in [6, 6.07) is 5.42. The van der Waals surface area contributed by atoms with Gasteiger partial charge in [-0.25, -0.2) is 9.78 Å². The Labute approximate surface area is 82.8 Å². The number of carbonyl (C=O) groups is 1. The van der Waals surface area contributed by atoms with Crippen LogP contribution >= 0.6 is 0 Å². The molecule has 4 nitrogen and oxygen atoms in total. The van der Waals surface area contributed by atoms with E-state index in [0.717, 1.165) is 6.29 Å². The highest BCUT2D eigenvalue weighted by Crippen LogP contribution is 2.10. The molecule has 0 aromatic carbocycles. The zero-order chi connectivity index (χ0) is 10.2. The summed E-state index contributed by atoms with van der Waals surface area (Å²) in [6.07, 6.45) is 2.45. The molecule has 0 aliphatic heterocycles. The van der Waals surface area contributed by atoms with Gasteiger partial charge >= 0.3 is 0 Å². The van der Waals surface area contributed by atoms with E-state index in [-0.39, 0.29) is 12.5 Å². The molecule has 76 valence electrons. The molecule has 14 heavy (non-hydrogen) atoms. The number of aldehydes is 1. The molecule has 0 fully saturated rings. The highest BCUT2D eigenvalue weighted by atomic mass is 17.2. The van der Waals surface area contributed by atoms with Gasteiger partial charge in [-0.3, -0.25) is 4.98 Å². The first-order valence-electron chi connectivity index (χ1n) is 4.49. The number of hydrogen-bond acceptors (Lipinski definition) is 4. The third-order valence-electron chi connectivity index (χ3n) is 1.68. The van der Waals surface area contributed by atoms with Crippen LogP contribution in [0.2, 0.25) is 0 Å². The number of pyridine rings is 1. The molecular formula is C10H13NO3. The van der Waals surface area contributed by atoms with Gasteiger partial charge in [0.2, 0.25) is 0 Å². The molecule has 0 aliphatic carbocycles. The van der Waals surface area contributed by atoms with Crippen LogP contribution in [-0.2, 0) is 14.6 Å². The van der Waals surface area contributed by atoms with Gasteiger partial charge in [-0.1, -0.05) is 6.07 Å². The first kappa shape index (κ1) is 10.8. The average Bonchev–Trinajstić information content (AvgIpc) is 2.26. The van der Waals surface area contributed by atoms with Gasteiger partial charge in [-0.2, -0.15) is 0 Å². The Balaban J connectivity index is 2.50. The predicted molar refractivity (Wildman–Crippen MR) is 50.6 cm³/mol. The van der Waals surface area contributed by atoms with E-state index >= 15 is 0 Å². The molecule has 0 radical (unpaired) electrons. The number of rotatable bonds is 6. The average molecular weight is 195 g/mol. The fourth-order valence-corrected chi connectivity index (χ4v) is 0.994. The minimum atomic E-state index is -0.359. The summed E-state index contributed by atoms with van der Waals surface area (Å²) in [5.74, 6) is -0.359. The van der Waals surface area contributed by atoms with E-state index in [0.29, 0.717) is 12.3 Å². The molecule has 0 bridgehead atoms. The zero-order valence-electron chi connectivity index (χ0n) is 8.05. The molecule has 0 saturated heterocycles. The predicted octanol–water partition coefficient (Wildman–Crippen LogP) is 1.33. The van der Waals surface area contributed by atoms with E-state index < -0.39 is 0 Å². The van der Waals surface area contributed by atoms with Crippen LogP contribution in [0, 0.1) is 0 Å². The highest BCUT2D eigenvalue weighted by Gasteiger charge is 2.11. The van der Waals surface area contributed by atoms with Gasteiger partial charge in [0, 0.05) is 6.20 Å². The van der Waals surface area contributed by atoms with Crippen molar-refractivity contribution in [2.75, 3.05) is 13.2 Å². The molecule has 0 saturated carbocycles. The largest absolute Gasteiger partial charge is 0.303 e. The minimum absolute atomic E-state index is 0.203. The van der Waals surface area contributed by atoms with E-state index in [2.05, 4.69) is 4.98 Å². The molecule has 1 rings (SSSR count). The second-order valence-corrected chi connectivity index (χ2v) is 2.69. The van der Waals surface area contributed by atoms with Crippen LogP contribution in [0.1, 0.15) is 18.5 Å². The van der Waals surface area contributed by atoms with Gasteiger partial charge in [-0.15, -0.1) is 0 Å². The summed E-state index contributed by atoms with van der Waals surface area (Å²) in [5, 5.41) is 0. The third-order valence-corrected chi connectivity index (χ3v) is 1.68. The summed E-state index contributed by atoms with van der Waals surface area (Å²) >= 11 is 0. The Bertz CT molecular complexity index is 263. The number of aromatic nitrogens is 1. The number of nitrogens with zero attached hydrogens (tertiary/aromatic N) is 1. The Morgan fingerprint density at radius 2 is 2.36 bits per heavy atom. The summed E-state index contributed by atoms with van der Waals surface area (Å²) in [7, 11) is 0. The van der Waals surface area contributed by atoms with Gasteiger partial charge < -0.3 is 4.79 Å². The highest BCUT2D eigenvalue weighted by molar-refractivity contribution is 5.60. The Morgan fingerprint density at radius 3 is 2.93 bits per heavy atom. The molecule has 0 aliphatic rings. The fourth-order valence-electron chi connectivity index (χ4n) is 0.994. The molecule has 1 aromatic heterocycles. The maximum atomic E-state index is 10.7. The molecule has 0 amide bonds. The summed E-state index contributed by atoms with van der Waals surface area (Å²) in [5.41, 5.74) is 0.696. The lowest BCUT2D eigenvalue weighted by atomic mass is 10.1. The van der Waals surface area contributed by atoms with Crippen molar-refractivity contribution < 1.29 is 14.6 Å². The van der Waals surface area contributed by atoms with Crippen molar-refractivity contribution in [2.45, 2.75) is 12.8 Å². The number of carbonyl (C=O) groups excluding carboxylic acids is 1. The van der Waals surface area contributed by atoms with Crippen molar-refractivity contribution in [3.63, 3.8) is 0 Å². The summed E-state index contributed by atoms with van der Waals surface area (Å²) < 4.78 is 0. The molecule has 1 heterocycles. The van der Waals surface area contributed by atoms with Crippen LogP contribution in [0.5, 0.6) is 0 Å². The van der Waals surface area contributed by atoms with Crippen molar-refractivity contribution in [3.8, 4) is 0 Å². The van der Waals surface area contributed by atoms with Gasteiger partial charge in [-0.05, 0) is 19.1 Å². The van der Waals surface area contributed by atoms with Crippen LogP contribution in [0.4, 0.5) is 0 Å². The van der Waals surface area contributed by atoms with E-state index in [1.165, 1.54) is 0 Å². The van der Waals surface area contributed by atoms with Crippen molar-refractivity contribution in [2.24, 2.45) is 0 Å². The van der Waals surface area contributed by atoms with Crippen LogP contribution in [0.15, 0.2) is 24.4 Å². The molecule has 1 aromatic rings. The minimum Gasteiger partial charge on any atom is -0.303 e. The Hall–Kier alpha value is -1.26. The van der Waals surface area contributed by atoms with Gasteiger partial charge in [0.1, 0.15) is 6.29 Å². The first-order chi connectivity index (χ1) is 6.88. The molecule has 0 N–H and O–H groups in total. The van der Waals surface area contributed by atoms with Crippen LogP contribution < -0.4 is 0 Å². The summed E-state index contributed by atoms with van der Waals surface area (Å²) in [4.78, 5) is 24.3. The lowest BCUT2D eigenvalue weighted by Crippen LogP contribution is -2.11.